The molecule has 0 aromatic carbocycles. The van der Waals surface area contributed by atoms with Crippen LogP contribution in [0.2, 0.25) is 0 Å². The van der Waals surface area contributed by atoms with Crippen LogP contribution >= 0.6 is 22.6 Å². The first kappa shape index (κ1) is 14.4. The minimum Gasteiger partial charge on any atom is -0.455 e. The van der Waals surface area contributed by atoms with Crippen LogP contribution in [-0.2, 0) is 9.53 Å². The predicted octanol–water partition coefficient (Wildman–Crippen LogP) is 4.13. The first-order chi connectivity index (χ1) is 8.47. The second kappa shape index (κ2) is 5.51. The average Bonchev–Trinajstić information content (AvgIpc) is 2.34. The zero-order chi connectivity index (χ0) is 13.3. The maximum absolute atomic E-state index is 11.9. The Morgan fingerprint density at radius 1 is 1.44 bits per heavy atom. The molecule has 102 valence electrons. The Balaban J connectivity index is 2.19. The molecule has 2 bridgehead atoms. The van der Waals surface area contributed by atoms with Gasteiger partial charge in [-0.25, -0.2) is 4.79 Å². The molecule has 0 amide bonds. The maximum atomic E-state index is 11.9. The van der Waals surface area contributed by atoms with E-state index in [4.69, 9.17) is 4.74 Å². The van der Waals surface area contributed by atoms with Crippen molar-refractivity contribution < 1.29 is 9.53 Å². The number of ether oxygens (including phenoxy) is 1. The second-order valence-electron chi connectivity index (χ2n) is 6.17. The summed E-state index contributed by atoms with van der Waals surface area (Å²) < 4.78 is 6.96. The van der Waals surface area contributed by atoms with E-state index in [1.165, 1.54) is 32.1 Å². The maximum Gasteiger partial charge on any atom is 0.333 e. The van der Waals surface area contributed by atoms with E-state index in [0.717, 1.165) is 10.3 Å². The van der Waals surface area contributed by atoms with Crippen molar-refractivity contribution in [3.63, 3.8) is 0 Å². The largest absolute Gasteiger partial charge is 0.455 e. The third-order valence-electron chi connectivity index (χ3n) is 4.87. The summed E-state index contributed by atoms with van der Waals surface area (Å²) >= 11 is 2.44. The van der Waals surface area contributed by atoms with E-state index in [9.17, 15) is 4.79 Å². The third kappa shape index (κ3) is 2.61. The smallest absolute Gasteiger partial charge is 0.333 e. The number of carbonyl (C=O) groups is 1. The van der Waals surface area contributed by atoms with Crippen molar-refractivity contribution in [2.75, 3.05) is 4.43 Å². The van der Waals surface area contributed by atoms with Crippen LogP contribution in [0.3, 0.4) is 0 Å². The number of esters is 1. The van der Waals surface area contributed by atoms with Crippen molar-refractivity contribution >= 4 is 28.6 Å². The lowest BCUT2D eigenvalue weighted by molar-refractivity contribution is -0.177. The lowest BCUT2D eigenvalue weighted by Crippen LogP contribution is -2.53. The molecule has 0 spiro atoms. The van der Waals surface area contributed by atoms with Crippen molar-refractivity contribution in [1.82, 2.24) is 0 Å². The summed E-state index contributed by atoms with van der Waals surface area (Å²) in [4.78, 5) is 11.9. The lowest BCUT2D eigenvalue weighted by atomic mass is 9.60. The van der Waals surface area contributed by atoms with E-state index in [1.54, 1.807) is 6.92 Å². The third-order valence-corrected chi connectivity index (χ3v) is 5.93. The van der Waals surface area contributed by atoms with Crippen LogP contribution < -0.4 is 0 Å². The second-order valence-corrected chi connectivity index (χ2v) is 7.05. The summed E-state index contributed by atoms with van der Waals surface area (Å²) in [7, 11) is 0. The molecule has 4 atom stereocenters. The van der Waals surface area contributed by atoms with Gasteiger partial charge in [0.25, 0.3) is 0 Å². The molecule has 2 rings (SSSR count). The Bertz CT molecular complexity index is 348. The van der Waals surface area contributed by atoms with E-state index in [2.05, 4.69) is 36.1 Å². The zero-order valence-electron chi connectivity index (χ0n) is 11.4. The number of halogens is 1. The molecule has 2 saturated carbocycles. The van der Waals surface area contributed by atoms with Gasteiger partial charge in [0.2, 0.25) is 0 Å². The number of rotatable bonds is 3. The van der Waals surface area contributed by atoms with Crippen molar-refractivity contribution in [3.8, 4) is 0 Å². The SMILES string of the molecule is C=C(C)C(=O)OC1(C)C(CI)CC2CCCC1C2. The van der Waals surface area contributed by atoms with Crippen LogP contribution in [0, 0.1) is 17.8 Å². The zero-order valence-corrected chi connectivity index (χ0v) is 13.5. The minimum absolute atomic E-state index is 0.212. The number of carbonyl (C=O) groups excluding carboxylic acids is 1. The molecule has 2 fully saturated rings. The molecule has 0 saturated heterocycles. The molecule has 2 aliphatic carbocycles. The minimum atomic E-state index is -0.270. The molecule has 0 aromatic heterocycles. The summed E-state index contributed by atoms with van der Waals surface area (Å²) in [6.45, 7) is 7.60. The summed E-state index contributed by atoms with van der Waals surface area (Å²) in [5.74, 6) is 1.70. The fourth-order valence-electron chi connectivity index (χ4n) is 3.67. The molecule has 3 heteroatoms. The predicted molar refractivity (Wildman–Crippen MR) is 81.8 cm³/mol. The van der Waals surface area contributed by atoms with Gasteiger partial charge in [-0.3, -0.25) is 0 Å². The summed E-state index contributed by atoms with van der Waals surface area (Å²) in [6.07, 6.45) is 6.34. The highest BCUT2D eigenvalue weighted by atomic mass is 127. The van der Waals surface area contributed by atoms with E-state index in [1.807, 2.05) is 0 Å². The van der Waals surface area contributed by atoms with Gasteiger partial charge >= 0.3 is 5.97 Å². The van der Waals surface area contributed by atoms with Crippen LogP contribution in [0.15, 0.2) is 12.2 Å². The molecular weight excluding hydrogens is 339 g/mol. The van der Waals surface area contributed by atoms with Crippen molar-refractivity contribution in [2.45, 2.75) is 51.6 Å². The Morgan fingerprint density at radius 3 is 2.78 bits per heavy atom. The molecular formula is C15H23IO2. The Labute approximate surface area is 124 Å². The first-order valence-electron chi connectivity index (χ1n) is 6.92. The van der Waals surface area contributed by atoms with Crippen molar-refractivity contribution in [1.29, 1.82) is 0 Å². The molecule has 0 N–H and O–H groups in total. The molecule has 18 heavy (non-hydrogen) atoms. The van der Waals surface area contributed by atoms with Crippen molar-refractivity contribution in [2.24, 2.45) is 17.8 Å². The van der Waals surface area contributed by atoms with Crippen molar-refractivity contribution in [3.05, 3.63) is 12.2 Å². The summed E-state index contributed by atoms with van der Waals surface area (Å²) in [5, 5.41) is 0. The van der Waals surface area contributed by atoms with Gasteiger partial charge in [0, 0.05) is 15.9 Å². The Kier molecular flexibility index (Phi) is 4.40. The van der Waals surface area contributed by atoms with E-state index in [0.29, 0.717) is 17.4 Å². The van der Waals surface area contributed by atoms with Gasteiger partial charge in [-0.15, -0.1) is 0 Å². The van der Waals surface area contributed by atoms with Crippen LogP contribution in [0.4, 0.5) is 0 Å². The topological polar surface area (TPSA) is 26.3 Å². The number of hydrogen-bond acceptors (Lipinski definition) is 2. The molecule has 2 nitrogen and oxygen atoms in total. The van der Waals surface area contributed by atoms with Crippen LogP contribution in [0.25, 0.3) is 0 Å². The van der Waals surface area contributed by atoms with Crippen LogP contribution in [0.5, 0.6) is 0 Å². The van der Waals surface area contributed by atoms with Gasteiger partial charge in [0.1, 0.15) is 5.60 Å². The molecule has 4 unspecified atom stereocenters. The Morgan fingerprint density at radius 2 is 2.17 bits per heavy atom. The normalized spacial score (nSPS) is 39.2. The van der Waals surface area contributed by atoms with Gasteiger partial charge in [-0.2, -0.15) is 0 Å². The summed E-state index contributed by atoms with van der Waals surface area (Å²) in [6, 6.07) is 0. The van der Waals surface area contributed by atoms with Gasteiger partial charge in [0.15, 0.2) is 0 Å². The number of alkyl halides is 1. The standard InChI is InChI=1S/C15H23IO2/c1-10(2)14(17)18-15(3)12-6-4-5-11(7-12)8-13(15)9-16/h11-13H,1,4-9H2,2-3H3. The lowest BCUT2D eigenvalue weighted by Gasteiger charge is -2.51. The highest BCUT2D eigenvalue weighted by Gasteiger charge is 2.50. The molecule has 0 radical (unpaired) electrons. The summed E-state index contributed by atoms with van der Waals surface area (Å²) in [5.41, 5.74) is 0.245. The monoisotopic (exact) mass is 362 g/mol. The number of hydrogen-bond donors (Lipinski definition) is 0. The first-order valence-corrected chi connectivity index (χ1v) is 8.44. The Hall–Kier alpha value is -0.0600. The van der Waals surface area contributed by atoms with Gasteiger partial charge in [-0.1, -0.05) is 42.0 Å². The van der Waals surface area contributed by atoms with Gasteiger partial charge < -0.3 is 4.74 Å². The highest BCUT2D eigenvalue weighted by molar-refractivity contribution is 14.1. The van der Waals surface area contributed by atoms with E-state index in [-0.39, 0.29) is 11.6 Å². The number of fused-ring (bicyclic) bond motifs is 2. The van der Waals surface area contributed by atoms with Crippen LogP contribution in [0.1, 0.15) is 46.0 Å². The molecule has 0 aromatic rings. The van der Waals surface area contributed by atoms with E-state index < -0.39 is 0 Å². The average molecular weight is 362 g/mol. The fourth-order valence-corrected chi connectivity index (χ4v) is 4.90. The molecule has 2 aliphatic rings. The van der Waals surface area contributed by atoms with E-state index >= 15 is 0 Å². The molecule has 0 aliphatic heterocycles. The van der Waals surface area contributed by atoms with Gasteiger partial charge in [-0.05, 0) is 44.9 Å². The highest BCUT2D eigenvalue weighted by Crippen LogP contribution is 2.50. The fraction of sp³-hybridized carbons (Fsp3) is 0.800. The quantitative estimate of drug-likeness (QED) is 0.327. The van der Waals surface area contributed by atoms with Crippen LogP contribution in [-0.4, -0.2) is 16.0 Å². The van der Waals surface area contributed by atoms with Gasteiger partial charge in [0.05, 0.1) is 0 Å². The molecule has 0 heterocycles.